The summed E-state index contributed by atoms with van der Waals surface area (Å²) < 4.78 is 0. The van der Waals surface area contributed by atoms with Crippen molar-refractivity contribution in [2.75, 3.05) is 12.0 Å². The fraction of sp³-hybridized carbons (Fsp3) is 0.875. The molecule has 2 nitrogen and oxygen atoms in total. The summed E-state index contributed by atoms with van der Waals surface area (Å²) in [5.41, 5.74) is 0. The number of amides is 1. The van der Waals surface area contributed by atoms with Crippen molar-refractivity contribution in [3.63, 3.8) is 0 Å². The van der Waals surface area contributed by atoms with Crippen LogP contribution in [0.3, 0.4) is 0 Å². The van der Waals surface area contributed by atoms with Crippen LogP contribution >= 0.6 is 11.8 Å². The lowest BCUT2D eigenvalue weighted by atomic mass is 10.2. The molecule has 0 aromatic rings. The Kier molecular flexibility index (Phi) is 5.38. The summed E-state index contributed by atoms with van der Waals surface area (Å²) >= 11 is 1.70. The van der Waals surface area contributed by atoms with E-state index < -0.39 is 0 Å². The molecule has 11 heavy (non-hydrogen) atoms. The van der Waals surface area contributed by atoms with Crippen LogP contribution in [0, 0.1) is 5.92 Å². The van der Waals surface area contributed by atoms with Gasteiger partial charge in [0.1, 0.15) is 0 Å². The SMILES string of the molecule is CSCC(C)C(=O)NC(C)C. The first-order chi connectivity index (χ1) is 5.07. The molecule has 1 unspecified atom stereocenters. The maximum absolute atomic E-state index is 11.2. The van der Waals surface area contributed by atoms with Gasteiger partial charge in [-0.2, -0.15) is 11.8 Å². The van der Waals surface area contributed by atoms with Crippen molar-refractivity contribution in [1.82, 2.24) is 5.32 Å². The van der Waals surface area contributed by atoms with E-state index in [9.17, 15) is 4.79 Å². The van der Waals surface area contributed by atoms with Gasteiger partial charge in [0.15, 0.2) is 0 Å². The smallest absolute Gasteiger partial charge is 0.223 e. The van der Waals surface area contributed by atoms with Gasteiger partial charge >= 0.3 is 0 Å². The van der Waals surface area contributed by atoms with E-state index in [-0.39, 0.29) is 17.9 Å². The van der Waals surface area contributed by atoms with Gasteiger partial charge in [-0.15, -0.1) is 0 Å². The molecule has 0 aromatic heterocycles. The Morgan fingerprint density at radius 2 is 2.00 bits per heavy atom. The highest BCUT2D eigenvalue weighted by atomic mass is 32.2. The van der Waals surface area contributed by atoms with Gasteiger partial charge in [-0.1, -0.05) is 6.92 Å². The molecule has 3 heteroatoms. The van der Waals surface area contributed by atoms with Gasteiger partial charge in [0.2, 0.25) is 5.91 Å². The molecule has 1 atom stereocenters. The molecule has 1 amide bonds. The largest absolute Gasteiger partial charge is 0.354 e. The third-order valence-electron chi connectivity index (χ3n) is 1.30. The molecular formula is C8H17NOS. The normalized spacial score (nSPS) is 13.2. The van der Waals surface area contributed by atoms with Gasteiger partial charge in [0, 0.05) is 17.7 Å². The monoisotopic (exact) mass is 175 g/mol. The topological polar surface area (TPSA) is 29.1 Å². The molecule has 0 spiro atoms. The van der Waals surface area contributed by atoms with E-state index in [1.807, 2.05) is 27.0 Å². The van der Waals surface area contributed by atoms with Crippen LogP contribution in [0.1, 0.15) is 20.8 Å². The van der Waals surface area contributed by atoms with Crippen LogP contribution < -0.4 is 5.32 Å². The van der Waals surface area contributed by atoms with Crippen LogP contribution in [0.4, 0.5) is 0 Å². The molecule has 66 valence electrons. The Morgan fingerprint density at radius 1 is 1.45 bits per heavy atom. The van der Waals surface area contributed by atoms with E-state index in [1.54, 1.807) is 11.8 Å². The Bertz CT molecular complexity index is 125. The van der Waals surface area contributed by atoms with Gasteiger partial charge < -0.3 is 5.32 Å². The highest BCUT2D eigenvalue weighted by Gasteiger charge is 2.11. The van der Waals surface area contributed by atoms with Crippen molar-refractivity contribution in [1.29, 1.82) is 0 Å². The lowest BCUT2D eigenvalue weighted by Gasteiger charge is -2.12. The van der Waals surface area contributed by atoms with Crippen LogP contribution in [0.5, 0.6) is 0 Å². The number of thioether (sulfide) groups is 1. The number of carbonyl (C=O) groups excluding carboxylic acids is 1. The maximum Gasteiger partial charge on any atom is 0.223 e. The number of rotatable bonds is 4. The summed E-state index contributed by atoms with van der Waals surface area (Å²) in [4.78, 5) is 11.2. The molecule has 0 aliphatic rings. The Balaban J connectivity index is 3.64. The Hall–Kier alpha value is -0.180. The molecule has 0 aromatic carbocycles. The summed E-state index contributed by atoms with van der Waals surface area (Å²) in [5, 5.41) is 2.88. The second-order valence-electron chi connectivity index (χ2n) is 3.02. The lowest BCUT2D eigenvalue weighted by molar-refractivity contribution is -0.124. The number of hydrogen-bond donors (Lipinski definition) is 1. The molecule has 0 fully saturated rings. The van der Waals surface area contributed by atoms with Crippen LogP contribution in [-0.2, 0) is 4.79 Å². The number of hydrogen-bond acceptors (Lipinski definition) is 2. The zero-order valence-electron chi connectivity index (χ0n) is 7.68. The third-order valence-corrected chi connectivity index (χ3v) is 2.13. The lowest BCUT2D eigenvalue weighted by Crippen LogP contribution is -2.35. The molecule has 0 saturated carbocycles. The minimum Gasteiger partial charge on any atom is -0.354 e. The van der Waals surface area contributed by atoms with Crippen LogP contribution in [0.15, 0.2) is 0 Å². The molecule has 0 heterocycles. The standard InChI is InChI=1S/C8H17NOS/c1-6(2)9-8(10)7(3)5-11-4/h6-7H,5H2,1-4H3,(H,9,10). The summed E-state index contributed by atoms with van der Waals surface area (Å²) in [6, 6.07) is 0.256. The zero-order chi connectivity index (χ0) is 8.85. The van der Waals surface area contributed by atoms with Crippen LogP contribution in [0.2, 0.25) is 0 Å². The summed E-state index contributed by atoms with van der Waals surface area (Å²) in [5.74, 6) is 1.19. The van der Waals surface area contributed by atoms with E-state index >= 15 is 0 Å². The van der Waals surface area contributed by atoms with E-state index in [0.29, 0.717) is 0 Å². The molecular weight excluding hydrogens is 158 g/mol. The molecule has 0 aliphatic heterocycles. The van der Waals surface area contributed by atoms with Crippen molar-refractivity contribution in [2.45, 2.75) is 26.8 Å². The summed E-state index contributed by atoms with van der Waals surface area (Å²) in [7, 11) is 0. The Morgan fingerprint density at radius 3 is 2.36 bits per heavy atom. The maximum atomic E-state index is 11.2. The Labute approximate surface area is 73.1 Å². The van der Waals surface area contributed by atoms with Gasteiger partial charge in [-0.25, -0.2) is 0 Å². The first-order valence-corrected chi connectivity index (χ1v) is 5.26. The van der Waals surface area contributed by atoms with Crippen LogP contribution in [0.25, 0.3) is 0 Å². The fourth-order valence-corrected chi connectivity index (χ4v) is 1.40. The number of carbonyl (C=O) groups is 1. The minimum absolute atomic E-state index is 0.132. The molecule has 0 saturated heterocycles. The molecule has 0 aliphatic carbocycles. The highest BCUT2D eigenvalue weighted by Crippen LogP contribution is 2.04. The second kappa shape index (κ2) is 5.47. The molecule has 0 radical (unpaired) electrons. The van der Waals surface area contributed by atoms with Gasteiger partial charge in [0.25, 0.3) is 0 Å². The van der Waals surface area contributed by atoms with Gasteiger partial charge in [-0.3, -0.25) is 4.79 Å². The van der Waals surface area contributed by atoms with Crippen molar-refractivity contribution >= 4 is 17.7 Å². The quantitative estimate of drug-likeness (QED) is 0.701. The second-order valence-corrected chi connectivity index (χ2v) is 3.93. The first kappa shape index (κ1) is 10.8. The van der Waals surface area contributed by atoms with Crippen molar-refractivity contribution < 1.29 is 4.79 Å². The van der Waals surface area contributed by atoms with E-state index in [4.69, 9.17) is 0 Å². The summed E-state index contributed by atoms with van der Waals surface area (Å²) in [6.45, 7) is 5.90. The van der Waals surface area contributed by atoms with E-state index in [2.05, 4.69) is 5.32 Å². The van der Waals surface area contributed by atoms with Crippen molar-refractivity contribution in [2.24, 2.45) is 5.92 Å². The number of nitrogens with one attached hydrogen (secondary N) is 1. The predicted octanol–water partition coefficient (Wildman–Crippen LogP) is 1.51. The first-order valence-electron chi connectivity index (χ1n) is 3.87. The fourth-order valence-electron chi connectivity index (χ4n) is 0.752. The molecule has 1 N–H and O–H groups in total. The van der Waals surface area contributed by atoms with E-state index in [1.165, 1.54) is 0 Å². The van der Waals surface area contributed by atoms with E-state index in [0.717, 1.165) is 5.75 Å². The average Bonchev–Trinajstić information content (AvgIpc) is 1.86. The molecule has 0 bridgehead atoms. The van der Waals surface area contributed by atoms with Crippen LogP contribution in [-0.4, -0.2) is 24.0 Å². The van der Waals surface area contributed by atoms with Gasteiger partial charge in [0.05, 0.1) is 0 Å². The zero-order valence-corrected chi connectivity index (χ0v) is 8.49. The predicted molar refractivity (Wildman–Crippen MR) is 50.8 cm³/mol. The van der Waals surface area contributed by atoms with Crippen molar-refractivity contribution in [3.8, 4) is 0 Å². The van der Waals surface area contributed by atoms with Crippen molar-refractivity contribution in [3.05, 3.63) is 0 Å². The summed E-state index contributed by atoms with van der Waals surface area (Å²) in [6.07, 6.45) is 2.01. The van der Waals surface area contributed by atoms with Gasteiger partial charge in [-0.05, 0) is 20.1 Å². The molecule has 0 rings (SSSR count). The third kappa shape index (κ3) is 5.13. The highest BCUT2D eigenvalue weighted by molar-refractivity contribution is 7.98. The minimum atomic E-state index is 0.132. The average molecular weight is 175 g/mol.